The summed E-state index contributed by atoms with van der Waals surface area (Å²) >= 11 is 23.8. The molecule has 0 aliphatic rings. The van der Waals surface area contributed by atoms with E-state index in [1.165, 1.54) is 0 Å². The van der Waals surface area contributed by atoms with Crippen LogP contribution in [0.3, 0.4) is 0 Å². The Hall–Kier alpha value is 2.45. The largest absolute Gasteiger partial charge is 0.178 e. The van der Waals surface area contributed by atoms with E-state index >= 15 is 0 Å². The highest BCUT2D eigenvalue weighted by Crippen LogP contribution is 2.27. The first kappa shape index (κ1) is 21.4. The van der Waals surface area contributed by atoms with Crippen molar-refractivity contribution < 1.29 is 0 Å². The smallest absolute Gasteiger partial charge is 0.0229 e. The predicted molar refractivity (Wildman–Crippen MR) is 114 cm³/mol. The second-order valence-corrected chi connectivity index (χ2v) is 10.8. The SMILES string of the molecule is CC(S)CSCC(CS)SC(CS)CSCC(C)S. The molecule has 19 heavy (non-hydrogen) atoms. The van der Waals surface area contributed by atoms with E-state index in [1.54, 1.807) is 0 Å². The standard InChI is InChI=1S/C12H26S7/c1-9(15)5-17-7-11(3-13)19-12(4-14)8-18-6-10(2)16/h9-16H,3-8H2,1-2H3. The zero-order valence-corrected chi connectivity index (χ0v) is 17.6. The molecule has 0 aromatic carbocycles. The molecule has 0 radical (unpaired) electrons. The Morgan fingerprint density at radius 1 is 0.737 bits per heavy atom. The molecule has 0 spiro atoms. The molecule has 0 fully saturated rings. The van der Waals surface area contributed by atoms with Crippen LogP contribution in [0.25, 0.3) is 0 Å². The van der Waals surface area contributed by atoms with Crippen molar-refractivity contribution in [3.63, 3.8) is 0 Å². The fourth-order valence-corrected chi connectivity index (χ4v) is 6.68. The third-order valence-corrected chi connectivity index (χ3v) is 8.96. The van der Waals surface area contributed by atoms with Gasteiger partial charge in [-0.05, 0) is 0 Å². The van der Waals surface area contributed by atoms with Crippen LogP contribution in [0.5, 0.6) is 0 Å². The first-order valence-corrected chi connectivity index (χ1v) is 11.9. The molecule has 0 saturated carbocycles. The Morgan fingerprint density at radius 3 is 1.37 bits per heavy atom. The van der Waals surface area contributed by atoms with Crippen molar-refractivity contribution in [1.82, 2.24) is 0 Å². The van der Waals surface area contributed by atoms with Crippen molar-refractivity contribution >= 4 is 85.8 Å². The van der Waals surface area contributed by atoms with Gasteiger partial charge < -0.3 is 0 Å². The quantitative estimate of drug-likeness (QED) is 0.362. The van der Waals surface area contributed by atoms with E-state index in [-0.39, 0.29) is 0 Å². The van der Waals surface area contributed by atoms with Gasteiger partial charge in [0.05, 0.1) is 0 Å². The minimum Gasteiger partial charge on any atom is -0.178 e. The minimum absolute atomic E-state index is 0.476. The van der Waals surface area contributed by atoms with Crippen molar-refractivity contribution in [2.45, 2.75) is 34.8 Å². The molecule has 0 bridgehead atoms. The number of hydrogen-bond donors (Lipinski definition) is 4. The summed E-state index contributed by atoms with van der Waals surface area (Å²) in [5, 5.41) is 2.19. The van der Waals surface area contributed by atoms with Crippen LogP contribution in [0.2, 0.25) is 0 Å². The molecule has 0 N–H and O–H groups in total. The van der Waals surface area contributed by atoms with Gasteiger partial charge in [-0.3, -0.25) is 0 Å². The molecule has 116 valence electrons. The van der Waals surface area contributed by atoms with E-state index in [4.69, 9.17) is 0 Å². The molecule has 4 unspecified atom stereocenters. The lowest BCUT2D eigenvalue weighted by molar-refractivity contribution is 1.08. The molecule has 0 aromatic heterocycles. The van der Waals surface area contributed by atoms with E-state index in [1.807, 2.05) is 35.3 Å². The number of thioether (sulfide) groups is 3. The van der Waals surface area contributed by atoms with Crippen LogP contribution < -0.4 is 0 Å². The Kier molecular flexibility index (Phi) is 15.9. The Bertz CT molecular complexity index is 179. The van der Waals surface area contributed by atoms with Gasteiger partial charge in [-0.15, -0.1) is 0 Å². The molecule has 7 heteroatoms. The highest BCUT2D eigenvalue weighted by molar-refractivity contribution is 8.06. The van der Waals surface area contributed by atoms with Crippen molar-refractivity contribution in [2.75, 3.05) is 34.5 Å². The van der Waals surface area contributed by atoms with Gasteiger partial charge >= 0.3 is 0 Å². The highest BCUT2D eigenvalue weighted by atomic mass is 32.2. The first-order chi connectivity index (χ1) is 8.99. The number of rotatable bonds is 12. The molecule has 0 nitrogen and oxygen atoms in total. The van der Waals surface area contributed by atoms with E-state index in [9.17, 15) is 0 Å². The second-order valence-electron chi connectivity index (χ2n) is 4.52. The molecular formula is C12H26S7. The lowest BCUT2D eigenvalue weighted by atomic mass is 10.5. The fraction of sp³-hybridized carbons (Fsp3) is 1.00. The third kappa shape index (κ3) is 13.8. The normalized spacial score (nSPS) is 18.0. The molecule has 0 saturated heterocycles. The maximum atomic E-state index is 4.48. The van der Waals surface area contributed by atoms with Crippen LogP contribution in [0.1, 0.15) is 13.8 Å². The average molecular weight is 395 g/mol. The summed E-state index contributed by atoms with van der Waals surface area (Å²) in [5.74, 6) is 6.44. The third-order valence-electron chi connectivity index (χ3n) is 2.12. The maximum Gasteiger partial charge on any atom is 0.0229 e. The summed E-state index contributed by atoms with van der Waals surface area (Å²) < 4.78 is 0. The van der Waals surface area contributed by atoms with E-state index in [0.29, 0.717) is 21.0 Å². The summed E-state index contributed by atoms with van der Waals surface area (Å²) in [6.45, 7) is 4.29. The molecule has 0 heterocycles. The Balaban J connectivity index is 3.88. The van der Waals surface area contributed by atoms with Gasteiger partial charge in [-0.25, -0.2) is 0 Å². The van der Waals surface area contributed by atoms with Gasteiger partial charge in [0.1, 0.15) is 0 Å². The molecule has 4 atom stereocenters. The summed E-state index contributed by atoms with van der Waals surface area (Å²) in [4.78, 5) is 0. The zero-order valence-electron chi connectivity index (χ0n) is 11.6. The lowest BCUT2D eigenvalue weighted by Gasteiger charge is -2.21. The van der Waals surface area contributed by atoms with Gasteiger partial charge in [-0.1, -0.05) is 13.8 Å². The molecular weight excluding hydrogens is 369 g/mol. The van der Waals surface area contributed by atoms with Crippen LogP contribution in [-0.4, -0.2) is 55.5 Å². The summed E-state index contributed by atoms with van der Waals surface area (Å²) in [7, 11) is 0. The zero-order chi connectivity index (χ0) is 14.7. The van der Waals surface area contributed by atoms with Gasteiger partial charge in [0, 0.05) is 55.5 Å². The maximum absolute atomic E-state index is 4.48. The van der Waals surface area contributed by atoms with Crippen molar-refractivity contribution in [1.29, 1.82) is 0 Å². The molecule has 0 aromatic rings. The van der Waals surface area contributed by atoms with Crippen molar-refractivity contribution in [3.8, 4) is 0 Å². The van der Waals surface area contributed by atoms with Crippen molar-refractivity contribution in [3.05, 3.63) is 0 Å². The van der Waals surface area contributed by atoms with Crippen LogP contribution >= 0.6 is 85.8 Å². The summed E-state index contributed by atoms with van der Waals surface area (Å²) in [6, 6.07) is 0. The summed E-state index contributed by atoms with van der Waals surface area (Å²) in [6.07, 6.45) is 0. The average Bonchev–Trinajstić information content (AvgIpc) is 2.34. The molecule has 0 aliphatic heterocycles. The Labute approximate surface area is 154 Å². The van der Waals surface area contributed by atoms with Gasteiger partial charge in [0.2, 0.25) is 0 Å². The topological polar surface area (TPSA) is 0 Å². The van der Waals surface area contributed by atoms with Crippen LogP contribution in [-0.2, 0) is 0 Å². The van der Waals surface area contributed by atoms with Crippen molar-refractivity contribution in [2.24, 2.45) is 0 Å². The summed E-state index contributed by atoms with van der Waals surface area (Å²) in [5.41, 5.74) is 0. The fourth-order valence-electron chi connectivity index (χ4n) is 1.28. The van der Waals surface area contributed by atoms with Gasteiger partial charge in [0.15, 0.2) is 0 Å². The molecule has 0 aliphatic carbocycles. The first-order valence-electron chi connectivity index (χ1n) is 6.38. The van der Waals surface area contributed by atoms with E-state index in [0.717, 1.165) is 34.5 Å². The van der Waals surface area contributed by atoms with E-state index in [2.05, 4.69) is 64.4 Å². The number of hydrogen-bond acceptors (Lipinski definition) is 7. The van der Waals surface area contributed by atoms with Gasteiger partial charge in [-0.2, -0.15) is 85.8 Å². The van der Waals surface area contributed by atoms with Crippen LogP contribution in [0.4, 0.5) is 0 Å². The highest BCUT2D eigenvalue weighted by Gasteiger charge is 2.16. The predicted octanol–water partition coefficient (Wildman–Crippen LogP) is 4.42. The van der Waals surface area contributed by atoms with Gasteiger partial charge in [0.25, 0.3) is 0 Å². The minimum atomic E-state index is 0.476. The second kappa shape index (κ2) is 14.1. The van der Waals surface area contributed by atoms with Crippen LogP contribution in [0, 0.1) is 0 Å². The Morgan fingerprint density at radius 2 is 1.11 bits per heavy atom. The monoisotopic (exact) mass is 394 g/mol. The van der Waals surface area contributed by atoms with Crippen LogP contribution in [0.15, 0.2) is 0 Å². The molecule has 0 amide bonds. The number of thiol groups is 4. The lowest BCUT2D eigenvalue weighted by Crippen LogP contribution is -2.19. The molecule has 0 rings (SSSR count). The van der Waals surface area contributed by atoms with E-state index < -0.39 is 0 Å².